The molecule has 8 heteroatoms. The summed E-state index contributed by atoms with van der Waals surface area (Å²) >= 11 is 3.23. The molecule has 0 saturated heterocycles. The average molecular weight is 426 g/mol. The lowest BCUT2D eigenvalue weighted by molar-refractivity contribution is 0.102. The van der Waals surface area contributed by atoms with Crippen LogP contribution in [0.3, 0.4) is 0 Å². The van der Waals surface area contributed by atoms with Crippen molar-refractivity contribution in [3.8, 4) is 0 Å². The average Bonchev–Trinajstić information content (AvgIpc) is 2.50. The van der Waals surface area contributed by atoms with E-state index in [1.807, 2.05) is 26.8 Å². The second kappa shape index (κ2) is 7.23. The molecule has 0 aliphatic rings. The highest BCUT2D eigenvalue weighted by Crippen LogP contribution is 2.26. The third-order valence-corrected chi connectivity index (χ3v) is 6.53. The van der Waals surface area contributed by atoms with E-state index in [9.17, 15) is 13.2 Å². The van der Waals surface area contributed by atoms with E-state index in [0.717, 1.165) is 15.6 Å². The summed E-state index contributed by atoms with van der Waals surface area (Å²) in [5.74, 6) is -0.389. The minimum Gasteiger partial charge on any atom is -0.320 e. The van der Waals surface area contributed by atoms with Crippen LogP contribution >= 0.6 is 15.9 Å². The number of anilines is 1. The second-order valence-corrected chi connectivity index (χ2v) is 8.90. The van der Waals surface area contributed by atoms with Gasteiger partial charge in [0.2, 0.25) is 10.0 Å². The molecule has 0 atom stereocenters. The van der Waals surface area contributed by atoms with Crippen molar-refractivity contribution in [1.82, 2.24) is 9.29 Å². The van der Waals surface area contributed by atoms with Crippen LogP contribution in [0.4, 0.5) is 5.69 Å². The van der Waals surface area contributed by atoms with Gasteiger partial charge in [-0.05, 0) is 66.5 Å². The van der Waals surface area contributed by atoms with E-state index in [-0.39, 0.29) is 16.4 Å². The number of hydrogen-bond donors (Lipinski definition) is 1. The zero-order valence-corrected chi connectivity index (χ0v) is 17.1. The van der Waals surface area contributed by atoms with E-state index in [4.69, 9.17) is 0 Å². The highest BCUT2D eigenvalue weighted by molar-refractivity contribution is 9.10. The molecule has 0 fully saturated rings. The van der Waals surface area contributed by atoms with Gasteiger partial charge in [0.25, 0.3) is 5.91 Å². The van der Waals surface area contributed by atoms with Crippen LogP contribution in [0.5, 0.6) is 0 Å². The Balaban J connectivity index is 2.42. The fourth-order valence-corrected chi connectivity index (χ4v) is 4.28. The van der Waals surface area contributed by atoms with Crippen LogP contribution < -0.4 is 5.32 Å². The van der Waals surface area contributed by atoms with Crippen molar-refractivity contribution >= 4 is 37.5 Å². The van der Waals surface area contributed by atoms with Crippen molar-refractivity contribution in [1.29, 1.82) is 0 Å². The number of halogens is 1. The van der Waals surface area contributed by atoms with Crippen LogP contribution in [-0.4, -0.2) is 37.7 Å². The Labute approximate surface area is 156 Å². The summed E-state index contributed by atoms with van der Waals surface area (Å²) in [7, 11) is -0.777. The first-order valence-electron chi connectivity index (χ1n) is 7.52. The topological polar surface area (TPSA) is 79.4 Å². The van der Waals surface area contributed by atoms with Gasteiger partial charge in [-0.25, -0.2) is 12.7 Å². The molecule has 6 nitrogen and oxygen atoms in total. The molecular weight excluding hydrogens is 406 g/mol. The van der Waals surface area contributed by atoms with Gasteiger partial charge in [0.1, 0.15) is 0 Å². The Hall–Kier alpha value is -1.77. The zero-order chi connectivity index (χ0) is 18.9. The lowest BCUT2D eigenvalue weighted by atomic mass is 10.1. The SMILES string of the molecule is Cc1cc(C)c(NC(=O)c2ccc(Br)c(S(=O)(=O)N(C)C)c2)c(C)n1. The van der Waals surface area contributed by atoms with E-state index in [0.29, 0.717) is 15.9 Å². The van der Waals surface area contributed by atoms with Crippen molar-refractivity contribution in [2.45, 2.75) is 25.7 Å². The van der Waals surface area contributed by atoms with E-state index in [1.165, 1.54) is 20.2 Å². The molecule has 1 aromatic heterocycles. The zero-order valence-electron chi connectivity index (χ0n) is 14.7. The number of carbonyl (C=O) groups is 1. The number of amides is 1. The summed E-state index contributed by atoms with van der Waals surface area (Å²) in [6.07, 6.45) is 0. The molecule has 1 aromatic carbocycles. The van der Waals surface area contributed by atoms with Gasteiger partial charge in [0.15, 0.2) is 0 Å². The fourth-order valence-electron chi connectivity index (χ4n) is 2.44. The van der Waals surface area contributed by atoms with Crippen LogP contribution in [0.1, 0.15) is 27.3 Å². The monoisotopic (exact) mass is 425 g/mol. The molecule has 25 heavy (non-hydrogen) atoms. The maximum Gasteiger partial charge on any atom is 0.255 e. The Morgan fingerprint density at radius 1 is 1.16 bits per heavy atom. The molecule has 0 radical (unpaired) electrons. The Morgan fingerprint density at radius 3 is 2.36 bits per heavy atom. The summed E-state index contributed by atoms with van der Waals surface area (Å²) in [4.78, 5) is 17.0. The van der Waals surface area contributed by atoms with E-state index in [2.05, 4.69) is 26.2 Å². The van der Waals surface area contributed by atoms with Gasteiger partial charge in [0.05, 0.1) is 16.3 Å². The smallest absolute Gasteiger partial charge is 0.255 e. The van der Waals surface area contributed by atoms with Gasteiger partial charge in [-0.2, -0.15) is 0 Å². The summed E-state index contributed by atoms with van der Waals surface area (Å²) in [5.41, 5.74) is 3.37. The van der Waals surface area contributed by atoms with Crippen molar-refractivity contribution in [3.05, 3.63) is 51.3 Å². The first-order valence-corrected chi connectivity index (χ1v) is 9.75. The first-order chi connectivity index (χ1) is 11.5. The minimum atomic E-state index is -3.66. The molecule has 0 aliphatic carbocycles. The molecule has 0 aliphatic heterocycles. The van der Waals surface area contributed by atoms with Crippen LogP contribution in [0, 0.1) is 20.8 Å². The number of carbonyl (C=O) groups excluding carboxylic acids is 1. The molecule has 0 spiro atoms. The number of nitrogens with zero attached hydrogens (tertiary/aromatic N) is 2. The van der Waals surface area contributed by atoms with Crippen molar-refractivity contribution in [3.63, 3.8) is 0 Å². The maximum atomic E-state index is 12.6. The van der Waals surface area contributed by atoms with Crippen molar-refractivity contribution in [2.75, 3.05) is 19.4 Å². The predicted octanol–water partition coefficient (Wildman–Crippen LogP) is 3.27. The van der Waals surface area contributed by atoms with Gasteiger partial charge < -0.3 is 5.32 Å². The molecule has 1 N–H and O–H groups in total. The molecule has 0 unspecified atom stereocenters. The third kappa shape index (κ3) is 4.08. The van der Waals surface area contributed by atoms with Crippen LogP contribution in [-0.2, 0) is 10.0 Å². The van der Waals surface area contributed by atoms with Crippen LogP contribution in [0.15, 0.2) is 33.6 Å². The van der Waals surface area contributed by atoms with Gasteiger partial charge >= 0.3 is 0 Å². The fraction of sp³-hybridized carbons (Fsp3) is 0.294. The van der Waals surface area contributed by atoms with Crippen LogP contribution in [0.2, 0.25) is 0 Å². The molecule has 0 saturated carbocycles. The van der Waals surface area contributed by atoms with Crippen LogP contribution in [0.25, 0.3) is 0 Å². The Morgan fingerprint density at radius 2 is 1.80 bits per heavy atom. The number of pyridine rings is 1. The highest BCUT2D eigenvalue weighted by atomic mass is 79.9. The maximum absolute atomic E-state index is 12.6. The van der Waals surface area contributed by atoms with Gasteiger partial charge in [-0.1, -0.05) is 0 Å². The molecular formula is C17H20BrN3O3S. The van der Waals surface area contributed by atoms with Crippen molar-refractivity contribution in [2.24, 2.45) is 0 Å². The molecule has 2 rings (SSSR count). The largest absolute Gasteiger partial charge is 0.320 e. The lowest BCUT2D eigenvalue weighted by Crippen LogP contribution is -2.23. The number of nitrogens with one attached hydrogen (secondary N) is 1. The second-order valence-electron chi connectivity index (χ2n) is 5.93. The summed E-state index contributed by atoms with van der Waals surface area (Å²) in [6.45, 7) is 5.60. The minimum absolute atomic E-state index is 0.0422. The number of sulfonamides is 1. The Kier molecular flexibility index (Phi) is 5.65. The van der Waals surface area contributed by atoms with Crippen molar-refractivity contribution < 1.29 is 13.2 Å². The molecule has 1 heterocycles. The standard InChI is InChI=1S/C17H20BrN3O3S/c1-10-8-11(2)19-12(3)16(10)20-17(22)13-6-7-14(18)15(9-13)25(23,24)21(4)5/h6-9H,1-5H3,(H,20,22). The normalized spacial score (nSPS) is 11.6. The molecule has 1 amide bonds. The lowest BCUT2D eigenvalue weighted by Gasteiger charge is -2.15. The molecule has 134 valence electrons. The number of benzene rings is 1. The molecule has 2 aromatic rings. The highest BCUT2D eigenvalue weighted by Gasteiger charge is 2.22. The van der Waals surface area contributed by atoms with Gasteiger partial charge in [-0.3, -0.25) is 9.78 Å². The van der Waals surface area contributed by atoms with E-state index in [1.54, 1.807) is 12.1 Å². The molecule has 0 bridgehead atoms. The number of rotatable bonds is 4. The first kappa shape index (κ1) is 19.6. The summed E-state index contributed by atoms with van der Waals surface area (Å²) < 4.78 is 26.3. The number of hydrogen-bond acceptors (Lipinski definition) is 4. The summed E-state index contributed by atoms with van der Waals surface area (Å²) in [5, 5.41) is 2.82. The van der Waals surface area contributed by atoms with E-state index < -0.39 is 10.0 Å². The predicted molar refractivity (Wildman–Crippen MR) is 101 cm³/mol. The quantitative estimate of drug-likeness (QED) is 0.814. The summed E-state index contributed by atoms with van der Waals surface area (Å²) in [6, 6.07) is 6.37. The number of aryl methyl sites for hydroxylation is 3. The van der Waals surface area contributed by atoms with E-state index >= 15 is 0 Å². The third-order valence-electron chi connectivity index (χ3n) is 3.72. The number of aromatic nitrogens is 1. The Bertz CT molecular complexity index is 917. The van der Waals surface area contributed by atoms with Gasteiger partial charge in [-0.15, -0.1) is 0 Å². The van der Waals surface area contributed by atoms with Gasteiger partial charge in [0, 0.05) is 29.8 Å².